The van der Waals surface area contributed by atoms with Crippen molar-refractivity contribution >= 4 is 10.9 Å². The van der Waals surface area contributed by atoms with Crippen LogP contribution in [0.5, 0.6) is 0 Å². The van der Waals surface area contributed by atoms with Gasteiger partial charge in [0, 0.05) is 17.1 Å². The molecule has 21 heavy (non-hydrogen) atoms. The van der Waals surface area contributed by atoms with Crippen molar-refractivity contribution in [2.24, 2.45) is 0 Å². The number of nitrogens with zero attached hydrogens (tertiary/aromatic N) is 1. The minimum Gasteiger partial charge on any atom is -0.353 e. The number of aromatic amines is 1. The van der Waals surface area contributed by atoms with Crippen LogP contribution < -0.4 is 0 Å². The zero-order valence-electron chi connectivity index (χ0n) is 11.5. The Morgan fingerprint density at radius 3 is 2.10 bits per heavy atom. The van der Waals surface area contributed by atoms with E-state index in [4.69, 9.17) is 0 Å². The normalized spacial score (nSPS) is 10.9. The third kappa shape index (κ3) is 2.01. The van der Waals surface area contributed by atoms with Gasteiger partial charge in [-0.1, -0.05) is 60.7 Å². The Kier molecular flexibility index (Phi) is 2.79. The number of benzene rings is 2. The molecule has 4 aromatic rings. The minimum absolute atomic E-state index is 1.07. The molecular weight excluding hydrogens is 256 g/mol. The summed E-state index contributed by atoms with van der Waals surface area (Å²) in [6.07, 6.45) is 3.73. The molecule has 2 aromatic carbocycles. The van der Waals surface area contributed by atoms with Crippen LogP contribution in [0.1, 0.15) is 0 Å². The molecule has 0 saturated heterocycles. The Balaban J connectivity index is 2.07. The SMILES string of the molecule is c1ccc(-c2[nH]c3cnccc3c2-c2ccccc2)cc1. The lowest BCUT2D eigenvalue weighted by molar-refractivity contribution is 1.34. The zero-order valence-corrected chi connectivity index (χ0v) is 11.5. The highest BCUT2D eigenvalue weighted by Crippen LogP contribution is 2.37. The first kappa shape index (κ1) is 11.9. The Hall–Kier alpha value is -2.87. The van der Waals surface area contributed by atoms with Crippen molar-refractivity contribution in [1.82, 2.24) is 9.97 Å². The van der Waals surface area contributed by atoms with E-state index >= 15 is 0 Å². The molecule has 0 saturated carbocycles. The molecule has 0 atom stereocenters. The van der Waals surface area contributed by atoms with Crippen molar-refractivity contribution in [1.29, 1.82) is 0 Å². The summed E-state index contributed by atoms with van der Waals surface area (Å²) in [5, 5.41) is 1.20. The molecule has 0 unspecified atom stereocenters. The molecule has 2 nitrogen and oxygen atoms in total. The van der Waals surface area contributed by atoms with Gasteiger partial charge in [-0.25, -0.2) is 0 Å². The number of nitrogens with one attached hydrogen (secondary N) is 1. The predicted molar refractivity (Wildman–Crippen MR) is 87.0 cm³/mol. The van der Waals surface area contributed by atoms with E-state index in [0.717, 1.165) is 11.2 Å². The summed E-state index contributed by atoms with van der Waals surface area (Å²) < 4.78 is 0. The number of fused-ring (bicyclic) bond motifs is 1. The van der Waals surface area contributed by atoms with Gasteiger partial charge in [-0.05, 0) is 17.2 Å². The van der Waals surface area contributed by atoms with Crippen LogP contribution in [0.15, 0.2) is 79.1 Å². The standard InChI is InChI=1S/C19H14N2/c1-3-7-14(8-4-1)18-16-11-12-20-13-17(16)21-19(18)15-9-5-2-6-10-15/h1-13,21H. The van der Waals surface area contributed by atoms with Crippen molar-refractivity contribution in [3.05, 3.63) is 79.1 Å². The second-order valence-corrected chi connectivity index (χ2v) is 5.03. The van der Waals surface area contributed by atoms with Crippen LogP contribution in [0.25, 0.3) is 33.3 Å². The number of hydrogen-bond acceptors (Lipinski definition) is 1. The fraction of sp³-hybridized carbons (Fsp3) is 0. The van der Waals surface area contributed by atoms with Gasteiger partial charge in [0.1, 0.15) is 0 Å². The first-order valence-corrected chi connectivity index (χ1v) is 7.00. The lowest BCUT2D eigenvalue weighted by Crippen LogP contribution is -1.82. The molecule has 0 fully saturated rings. The van der Waals surface area contributed by atoms with Crippen LogP contribution in [0, 0.1) is 0 Å². The van der Waals surface area contributed by atoms with E-state index in [1.165, 1.54) is 22.1 Å². The summed E-state index contributed by atoms with van der Waals surface area (Å²) in [6.45, 7) is 0. The van der Waals surface area contributed by atoms with Crippen LogP contribution >= 0.6 is 0 Å². The third-order valence-electron chi connectivity index (χ3n) is 3.73. The van der Waals surface area contributed by atoms with E-state index in [9.17, 15) is 0 Å². The molecule has 2 heteroatoms. The third-order valence-corrected chi connectivity index (χ3v) is 3.73. The van der Waals surface area contributed by atoms with Crippen molar-refractivity contribution in [2.75, 3.05) is 0 Å². The fourth-order valence-corrected chi connectivity index (χ4v) is 2.77. The molecule has 0 amide bonds. The van der Waals surface area contributed by atoms with Crippen LogP contribution in [0.3, 0.4) is 0 Å². The van der Waals surface area contributed by atoms with Gasteiger partial charge >= 0.3 is 0 Å². The van der Waals surface area contributed by atoms with Gasteiger partial charge in [-0.15, -0.1) is 0 Å². The minimum atomic E-state index is 1.07. The van der Waals surface area contributed by atoms with E-state index in [1.54, 1.807) is 0 Å². The number of rotatable bonds is 2. The van der Waals surface area contributed by atoms with Gasteiger partial charge in [0.2, 0.25) is 0 Å². The monoisotopic (exact) mass is 270 g/mol. The fourth-order valence-electron chi connectivity index (χ4n) is 2.77. The number of H-pyrrole nitrogens is 1. The van der Waals surface area contributed by atoms with Crippen molar-refractivity contribution < 1.29 is 0 Å². The molecule has 100 valence electrons. The average Bonchev–Trinajstić information content (AvgIpc) is 2.96. The van der Waals surface area contributed by atoms with E-state index in [1.807, 2.05) is 24.5 Å². The Morgan fingerprint density at radius 1 is 0.714 bits per heavy atom. The Morgan fingerprint density at radius 2 is 1.38 bits per heavy atom. The van der Waals surface area contributed by atoms with E-state index in [-0.39, 0.29) is 0 Å². The van der Waals surface area contributed by atoms with Crippen LogP contribution in [-0.4, -0.2) is 9.97 Å². The molecule has 0 aliphatic carbocycles. The lowest BCUT2D eigenvalue weighted by atomic mass is 9.99. The number of aromatic nitrogens is 2. The number of pyridine rings is 1. The zero-order chi connectivity index (χ0) is 14.1. The topological polar surface area (TPSA) is 28.7 Å². The summed E-state index contributed by atoms with van der Waals surface area (Å²) in [5.74, 6) is 0. The van der Waals surface area contributed by atoms with E-state index < -0.39 is 0 Å². The molecule has 0 bridgehead atoms. The van der Waals surface area contributed by atoms with Crippen LogP contribution in [0.4, 0.5) is 0 Å². The van der Waals surface area contributed by atoms with Crippen LogP contribution in [0.2, 0.25) is 0 Å². The number of hydrogen-bond donors (Lipinski definition) is 1. The van der Waals surface area contributed by atoms with Gasteiger partial charge in [-0.3, -0.25) is 4.98 Å². The summed E-state index contributed by atoms with van der Waals surface area (Å²) in [7, 11) is 0. The molecule has 0 aliphatic rings. The molecule has 2 heterocycles. The van der Waals surface area contributed by atoms with E-state index in [0.29, 0.717) is 0 Å². The molecule has 0 aliphatic heterocycles. The average molecular weight is 270 g/mol. The molecule has 0 spiro atoms. The van der Waals surface area contributed by atoms with E-state index in [2.05, 4.69) is 64.6 Å². The van der Waals surface area contributed by atoms with Gasteiger partial charge in [0.15, 0.2) is 0 Å². The maximum absolute atomic E-state index is 4.22. The van der Waals surface area contributed by atoms with Crippen LogP contribution in [-0.2, 0) is 0 Å². The summed E-state index contributed by atoms with van der Waals surface area (Å²) in [4.78, 5) is 7.74. The molecule has 2 aromatic heterocycles. The highest BCUT2D eigenvalue weighted by molar-refractivity contribution is 6.03. The molecule has 1 N–H and O–H groups in total. The Labute approximate surface area is 123 Å². The second kappa shape index (κ2) is 4.91. The predicted octanol–water partition coefficient (Wildman–Crippen LogP) is 4.90. The molecule has 4 rings (SSSR count). The highest BCUT2D eigenvalue weighted by atomic mass is 14.8. The summed E-state index contributed by atoms with van der Waals surface area (Å²) in [5.41, 5.74) is 5.85. The van der Waals surface area contributed by atoms with Crippen molar-refractivity contribution in [3.8, 4) is 22.4 Å². The maximum atomic E-state index is 4.22. The molecular formula is C19H14N2. The van der Waals surface area contributed by atoms with Gasteiger partial charge < -0.3 is 4.98 Å². The first-order valence-electron chi connectivity index (χ1n) is 7.00. The first-order chi connectivity index (χ1) is 10.4. The second-order valence-electron chi connectivity index (χ2n) is 5.03. The Bertz CT molecular complexity index is 877. The van der Waals surface area contributed by atoms with Gasteiger partial charge in [-0.2, -0.15) is 0 Å². The quantitative estimate of drug-likeness (QED) is 0.551. The van der Waals surface area contributed by atoms with Crippen molar-refractivity contribution in [3.63, 3.8) is 0 Å². The smallest absolute Gasteiger partial charge is 0.0651 e. The summed E-state index contributed by atoms with van der Waals surface area (Å²) in [6, 6.07) is 23.0. The van der Waals surface area contributed by atoms with Gasteiger partial charge in [0.05, 0.1) is 17.4 Å². The highest BCUT2D eigenvalue weighted by Gasteiger charge is 2.14. The molecule has 0 radical (unpaired) electrons. The maximum Gasteiger partial charge on any atom is 0.0651 e. The largest absolute Gasteiger partial charge is 0.353 e. The lowest BCUT2D eigenvalue weighted by Gasteiger charge is -2.05. The van der Waals surface area contributed by atoms with Gasteiger partial charge in [0.25, 0.3) is 0 Å². The van der Waals surface area contributed by atoms with Crippen molar-refractivity contribution in [2.45, 2.75) is 0 Å². The summed E-state index contributed by atoms with van der Waals surface area (Å²) >= 11 is 0.